The predicted molar refractivity (Wildman–Crippen MR) is 79.3 cm³/mol. The summed E-state index contributed by atoms with van der Waals surface area (Å²) in [6.07, 6.45) is 0.457. The summed E-state index contributed by atoms with van der Waals surface area (Å²) in [4.78, 5) is 0. The van der Waals surface area contributed by atoms with Crippen molar-refractivity contribution in [2.45, 2.75) is 12.5 Å². The summed E-state index contributed by atoms with van der Waals surface area (Å²) in [5, 5.41) is 0.0524. The lowest BCUT2D eigenvalue weighted by atomic mass is 9.99. The van der Waals surface area contributed by atoms with Gasteiger partial charge in [0, 0.05) is 0 Å². The molecule has 20 heavy (non-hydrogen) atoms. The van der Waals surface area contributed by atoms with Crippen molar-refractivity contribution in [2.24, 2.45) is 5.84 Å². The van der Waals surface area contributed by atoms with Crippen LogP contribution in [0.3, 0.4) is 0 Å². The molecular weight excluding hydrogens is 350 g/mol. The van der Waals surface area contributed by atoms with E-state index in [-0.39, 0.29) is 16.9 Å². The standard InChI is InChI=1S/C14H12BrClF2N2/c15-14-9(2-1-3-12(14)18)13(20-19)7-8-4-5-11(17)10(16)6-8/h1-6,13,20H,7,19H2. The number of nitrogens with one attached hydrogen (secondary N) is 1. The second-order valence-corrected chi connectivity index (χ2v) is 5.52. The molecule has 0 aromatic heterocycles. The van der Waals surface area contributed by atoms with Gasteiger partial charge >= 0.3 is 0 Å². The van der Waals surface area contributed by atoms with Gasteiger partial charge in [-0.1, -0.05) is 29.8 Å². The molecule has 1 atom stereocenters. The second-order valence-electron chi connectivity index (χ2n) is 4.31. The molecule has 0 aliphatic heterocycles. The Hall–Kier alpha value is -1.01. The molecule has 0 amide bonds. The van der Waals surface area contributed by atoms with Crippen LogP contribution in [-0.2, 0) is 6.42 Å². The van der Waals surface area contributed by atoms with Crippen LogP contribution in [0.4, 0.5) is 8.78 Å². The van der Waals surface area contributed by atoms with Crippen LogP contribution in [0.15, 0.2) is 40.9 Å². The van der Waals surface area contributed by atoms with Crippen molar-refractivity contribution in [1.82, 2.24) is 5.43 Å². The molecule has 0 bridgehead atoms. The van der Waals surface area contributed by atoms with E-state index in [0.717, 1.165) is 5.56 Å². The molecule has 6 heteroatoms. The van der Waals surface area contributed by atoms with Gasteiger partial charge in [-0.25, -0.2) is 8.78 Å². The van der Waals surface area contributed by atoms with E-state index in [0.29, 0.717) is 16.5 Å². The van der Waals surface area contributed by atoms with Gasteiger partial charge in [0.25, 0.3) is 0 Å². The first kappa shape index (κ1) is 15.4. The van der Waals surface area contributed by atoms with Gasteiger partial charge in [0.05, 0.1) is 15.5 Å². The fourth-order valence-corrected chi connectivity index (χ4v) is 2.69. The fourth-order valence-electron chi connectivity index (χ4n) is 1.95. The Balaban J connectivity index is 2.28. The fraction of sp³-hybridized carbons (Fsp3) is 0.143. The van der Waals surface area contributed by atoms with Crippen LogP contribution in [0.5, 0.6) is 0 Å². The zero-order chi connectivity index (χ0) is 14.7. The molecule has 3 N–H and O–H groups in total. The zero-order valence-corrected chi connectivity index (χ0v) is 12.7. The van der Waals surface area contributed by atoms with Crippen molar-refractivity contribution in [3.8, 4) is 0 Å². The molecule has 0 aliphatic carbocycles. The van der Waals surface area contributed by atoms with Crippen molar-refractivity contribution in [3.05, 3.63) is 68.7 Å². The third kappa shape index (κ3) is 3.35. The van der Waals surface area contributed by atoms with Crippen molar-refractivity contribution in [3.63, 3.8) is 0 Å². The monoisotopic (exact) mass is 360 g/mol. The quantitative estimate of drug-likeness (QED) is 0.635. The lowest BCUT2D eigenvalue weighted by Crippen LogP contribution is -2.30. The third-order valence-electron chi connectivity index (χ3n) is 2.98. The number of hydrogen-bond acceptors (Lipinski definition) is 2. The Morgan fingerprint density at radius 1 is 1.20 bits per heavy atom. The molecule has 2 rings (SSSR count). The van der Waals surface area contributed by atoms with Gasteiger partial charge in [0.15, 0.2) is 0 Å². The molecule has 0 fully saturated rings. The molecular formula is C14H12BrClF2N2. The average molecular weight is 362 g/mol. The van der Waals surface area contributed by atoms with E-state index in [1.165, 1.54) is 18.2 Å². The van der Waals surface area contributed by atoms with E-state index >= 15 is 0 Å². The molecule has 0 radical (unpaired) electrons. The van der Waals surface area contributed by atoms with E-state index in [2.05, 4.69) is 21.4 Å². The van der Waals surface area contributed by atoms with E-state index < -0.39 is 5.82 Å². The first-order chi connectivity index (χ1) is 9.52. The highest BCUT2D eigenvalue weighted by Crippen LogP contribution is 2.28. The zero-order valence-electron chi connectivity index (χ0n) is 10.3. The lowest BCUT2D eigenvalue weighted by molar-refractivity contribution is 0.539. The third-order valence-corrected chi connectivity index (χ3v) is 4.11. The minimum atomic E-state index is -0.473. The van der Waals surface area contributed by atoms with Crippen LogP contribution in [-0.4, -0.2) is 0 Å². The summed E-state index contributed by atoms with van der Waals surface area (Å²) in [6, 6.07) is 8.87. The topological polar surface area (TPSA) is 38.0 Å². The number of hydrogen-bond donors (Lipinski definition) is 2. The molecule has 2 aromatic carbocycles. The van der Waals surface area contributed by atoms with Gasteiger partial charge in [-0.05, 0) is 51.7 Å². The Morgan fingerprint density at radius 2 is 1.95 bits per heavy atom. The largest absolute Gasteiger partial charge is 0.271 e. The van der Waals surface area contributed by atoms with Gasteiger partial charge < -0.3 is 0 Å². The van der Waals surface area contributed by atoms with Crippen LogP contribution in [0.2, 0.25) is 5.02 Å². The van der Waals surface area contributed by atoms with Gasteiger partial charge in [-0.15, -0.1) is 0 Å². The van der Waals surface area contributed by atoms with Crippen LogP contribution in [0.1, 0.15) is 17.2 Å². The summed E-state index contributed by atoms with van der Waals surface area (Å²) in [6.45, 7) is 0. The molecule has 0 heterocycles. The smallest absolute Gasteiger partial charge is 0.141 e. The van der Waals surface area contributed by atoms with Gasteiger partial charge in [-0.3, -0.25) is 11.3 Å². The second kappa shape index (κ2) is 6.63. The first-order valence-electron chi connectivity index (χ1n) is 5.87. The molecule has 0 saturated carbocycles. The summed E-state index contributed by atoms with van der Waals surface area (Å²) in [5.41, 5.74) is 4.12. The van der Waals surface area contributed by atoms with E-state index in [1.807, 2.05) is 0 Å². The van der Waals surface area contributed by atoms with E-state index in [9.17, 15) is 8.78 Å². The summed E-state index contributed by atoms with van der Waals surface area (Å²) in [5.74, 6) is 4.71. The Bertz CT molecular complexity index is 622. The van der Waals surface area contributed by atoms with Crippen LogP contribution >= 0.6 is 27.5 Å². The Kier molecular flexibility index (Phi) is 5.10. The predicted octanol–water partition coefficient (Wildman–Crippen LogP) is 4.13. The van der Waals surface area contributed by atoms with Crippen LogP contribution in [0, 0.1) is 11.6 Å². The molecule has 0 aliphatic rings. The molecule has 2 aromatic rings. The van der Waals surface area contributed by atoms with Crippen molar-refractivity contribution >= 4 is 27.5 Å². The highest BCUT2D eigenvalue weighted by Gasteiger charge is 2.16. The maximum Gasteiger partial charge on any atom is 0.141 e. The Morgan fingerprint density at radius 3 is 2.60 bits per heavy atom. The van der Waals surface area contributed by atoms with Crippen molar-refractivity contribution < 1.29 is 8.78 Å². The summed E-state index contributed by atoms with van der Waals surface area (Å²) >= 11 is 8.95. The highest BCUT2D eigenvalue weighted by molar-refractivity contribution is 9.10. The van der Waals surface area contributed by atoms with Gasteiger partial charge in [0.2, 0.25) is 0 Å². The van der Waals surface area contributed by atoms with Gasteiger partial charge in [0.1, 0.15) is 11.6 Å². The average Bonchev–Trinajstić information content (AvgIpc) is 2.43. The minimum Gasteiger partial charge on any atom is -0.271 e. The number of nitrogens with two attached hydrogens (primary N) is 1. The maximum absolute atomic E-state index is 13.5. The molecule has 0 spiro atoms. The van der Waals surface area contributed by atoms with Crippen LogP contribution in [0.25, 0.3) is 0 Å². The summed E-state index contributed by atoms with van der Waals surface area (Å²) < 4.78 is 27.0. The lowest BCUT2D eigenvalue weighted by Gasteiger charge is -2.18. The molecule has 106 valence electrons. The Labute approximate surface area is 129 Å². The SMILES string of the molecule is NNC(Cc1ccc(F)c(Cl)c1)c1cccc(F)c1Br. The van der Waals surface area contributed by atoms with E-state index in [4.69, 9.17) is 17.4 Å². The molecule has 2 nitrogen and oxygen atoms in total. The highest BCUT2D eigenvalue weighted by atomic mass is 79.9. The number of halogens is 4. The molecule has 1 unspecified atom stereocenters. The minimum absolute atomic E-state index is 0.0524. The van der Waals surface area contributed by atoms with Gasteiger partial charge in [-0.2, -0.15) is 0 Å². The number of hydrazine groups is 1. The van der Waals surface area contributed by atoms with E-state index in [1.54, 1.807) is 18.2 Å². The molecule has 0 saturated heterocycles. The van der Waals surface area contributed by atoms with Crippen molar-refractivity contribution in [1.29, 1.82) is 0 Å². The van der Waals surface area contributed by atoms with Crippen LogP contribution < -0.4 is 11.3 Å². The van der Waals surface area contributed by atoms with Crippen molar-refractivity contribution in [2.75, 3.05) is 0 Å². The first-order valence-corrected chi connectivity index (χ1v) is 7.04. The maximum atomic E-state index is 13.5. The summed E-state index contributed by atoms with van der Waals surface area (Å²) in [7, 11) is 0. The number of rotatable bonds is 4. The normalized spacial score (nSPS) is 12.4. The number of benzene rings is 2.